The van der Waals surface area contributed by atoms with Gasteiger partial charge in [-0.05, 0) is 12.1 Å². The van der Waals surface area contributed by atoms with Crippen molar-refractivity contribution in [2.75, 3.05) is 0 Å². The highest BCUT2D eigenvalue weighted by Gasteiger charge is 1.86. The van der Waals surface area contributed by atoms with Crippen LogP contribution in [-0.2, 0) is 0 Å². The fourth-order valence-corrected chi connectivity index (χ4v) is 0.470. The first kappa shape index (κ1) is 8.66. The van der Waals surface area contributed by atoms with Crippen LogP contribution < -0.4 is 0 Å². The van der Waals surface area contributed by atoms with Gasteiger partial charge in [0.05, 0.1) is 6.20 Å². The molecule has 1 nitrogen and oxygen atoms in total. The van der Waals surface area contributed by atoms with Gasteiger partial charge in [-0.25, -0.2) is 9.37 Å². The van der Waals surface area contributed by atoms with Crippen LogP contribution in [0.5, 0.6) is 0 Å². The fraction of sp³-hybridized carbons (Fsp3) is 0. The molecule has 1 rings (SSSR count). The van der Waals surface area contributed by atoms with Gasteiger partial charge >= 0.3 is 0 Å². The molecule has 9 heavy (non-hydrogen) atoms. The number of hydrogen-bond donors (Lipinski definition) is 0. The third-order valence-electron chi connectivity index (χ3n) is 0.691. The van der Waals surface area contributed by atoms with E-state index in [4.69, 9.17) is 11.6 Å². The molecule has 0 aliphatic rings. The molecule has 1 heterocycles. The minimum absolute atomic E-state index is 0. The standard InChI is InChI=1S/C5H3ClFN.ClH/c6-5-2-1-4(7)3-8-5;/h1-3H;1H. The van der Waals surface area contributed by atoms with Crippen molar-refractivity contribution in [3.05, 3.63) is 29.3 Å². The molecule has 0 aliphatic carbocycles. The van der Waals surface area contributed by atoms with Crippen molar-refractivity contribution in [2.45, 2.75) is 0 Å². The van der Waals surface area contributed by atoms with E-state index in [1.807, 2.05) is 0 Å². The zero-order valence-corrected chi connectivity index (χ0v) is 5.92. The maximum absolute atomic E-state index is 12.0. The van der Waals surface area contributed by atoms with E-state index in [1.54, 1.807) is 0 Å². The summed E-state index contributed by atoms with van der Waals surface area (Å²) in [5, 5.41) is 0.311. The van der Waals surface area contributed by atoms with E-state index < -0.39 is 0 Å². The summed E-state index contributed by atoms with van der Waals surface area (Å²) in [5.41, 5.74) is 0. The zero-order chi connectivity index (χ0) is 5.98. The highest BCUT2D eigenvalue weighted by molar-refractivity contribution is 6.29. The van der Waals surface area contributed by atoms with Gasteiger partial charge in [-0.1, -0.05) is 11.6 Å². The highest BCUT2D eigenvalue weighted by atomic mass is 35.5. The van der Waals surface area contributed by atoms with Crippen LogP contribution >= 0.6 is 24.0 Å². The van der Waals surface area contributed by atoms with E-state index in [1.165, 1.54) is 12.1 Å². The van der Waals surface area contributed by atoms with Crippen LogP contribution in [0.2, 0.25) is 5.15 Å². The zero-order valence-electron chi connectivity index (χ0n) is 4.34. The minimum atomic E-state index is -0.366. The van der Waals surface area contributed by atoms with Gasteiger partial charge in [0.1, 0.15) is 11.0 Å². The van der Waals surface area contributed by atoms with Crippen molar-refractivity contribution in [3.63, 3.8) is 0 Å². The Labute approximate surface area is 63.3 Å². The van der Waals surface area contributed by atoms with Crippen molar-refractivity contribution in [2.24, 2.45) is 0 Å². The van der Waals surface area contributed by atoms with Crippen molar-refractivity contribution < 1.29 is 4.39 Å². The lowest BCUT2D eigenvalue weighted by atomic mass is 10.5. The monoisotopic (exact) mass is 167 g/mol. The van der Waals surface area contributed by atoms with Crippen molar-refractivity contribution in [1.82, 2.24) is 4.98 Å². The molecule has 0 amide bonds. The largest absolute Gasteiger partial charge is 0.242 e. The molecule has 4 heteroatoms. The molecule has 0 N–H and O–H groups in total. The lowest BCUT2D eigenvalue weighted by molar-refractivity contribution is 0.621. The molecule has 0 saturated carbocycles. The second-order valence-corrected chi connectivity index (χ2v) is 1.69. The molecule has 0 bridgehead atoms. The van der Waals surface area contributed by atoms with E-state index >= 15 is 0 Å². The Bertz CT molecular complexity index is 154. The van der Waals surface area contributed by atoms with Gasteiger partial charge in [0.2, 0.25) is 0 Å². The molecule has 0 aromatic carbocycles. The number of nitrogens with zero attached hydrogens (tertiary/aromatic N) is 1. The molecular weight excluding hydrogens is 164 g/mol. The Morgan fingerprint density at radius 2 is 2.11 bits per heavy atom. The van der Waals surface area contributed by atoms with Crippen LogP contribution in [0.4, 0.5) is 4.39 Å². The Morgan fingerprint density at radius 3 is 2.44 bits per heavy atom. The summed E-state index contributed by atoms with van der Waals surface area (Å²) in [6, 6.07) is 2.66. The number of aromatic nitrogens is 1. The Hall–Kier alpha value is -0.340. The Morgan fingerprint density at radius 1 is 1.44 bits per heavy atom. The molecular formula is C5H4Cl2FN. The van der Waals surface area contributed by atoms with Crippen LogP contribution in [-0.4, -0.2) is 4.98 Å². The molecule has 0 fully saturated rings. The first-order valence-corrected chi connectivity index (χ1v) is 2.44. The average molecular weight is 168 g/mol. The lowest BCUT2D eigenvalue weighted by Gasteiger charge is -1.84. The molecule has 0 aliphatic heterocycles. The van der Waals surface area contributed by atoms with Crippen LogP contribution in [0.3, 0.4) is 0 Å². The number of rotatable bonds is 0. The van der Waals surface area contributed by atoms with Gasteiger partial charge in [0.25, 0.3) is 0 Å². The highest BCUT2D eigenvalue weighted by Crippen LogP contribution is 2.02. The molecule has 0 atom stereocenters. The summed E-state index contributed by atoms with van der Waals surface area (Å²) in [7, 11) is 0. The lowest BCUT2D eigenvalue weighted by Crippen LogP contribution is -1.74. The molecule has 50 valence electrons. The Balaban J connectivity index is 0.000000640. The normalized spacial score (nSPS) is 8.22. The number of pyridine rings is 1. The van der Waals surface area contributed by atoms with Gasteiger partial charge < -0.3 is 0 Å². The van der Waals surface area contributed by atoms with E-state index in [0.29, 0.717) is 5.15 Å². The van der Waals surface area contributed by atoms with Crippen molar-refractivity contribution in [3.8, 4) is 0 Å². The minimum Gasteiger partial charge on any atom is -0.242 e. The summed E-state index contributed by atoms with van der Waals surface area (Å²) >= 11 is 5.33. The number of hydrogen-bond acceptors (Lipinski definition) is 1. The molecule has 0 spiro atoms. The van der Waals surface area contributed by atoms with E-state index in [-0.39, 0.29) is 18.2 Å². The van der Waals surface area contributed by atoms with Crippen LogP contribution in [0, 0.1) is 5.82 Å². The maximum Gasteiger partial charge on any atom is 0.141 e. The van der Waals surface area contributed by atoms with Crippen LogP contribution in [0.25, 0.3) is 0 Å². The van der Waals surface area contributed by atoms with Crippen molar-refractivity contribution >= 4 is 24.0 Å². The first-order chi connectivity index (χ1) is 3.79. The summed E-state index contributed by atoms with van der Waals surface area (Å²) in [5.74, 6) is -0.366. The molecule has 0 saturated heterocycles. The quantitative estimate of drug-likeness (QED) is 0.541. The second kappa shape index (κ2) is 3.64. The maximum atomic E-state index is 12.0. The van der Waals surface area contributed by atoms with Gasteiger partial charge in [-0.2, -0.15) is 0 Å². The SMILES string of the molecule is Cl.Fc1ccc(Cl)nc1. The van der Waals surface area contributed by atoms with Crippen LogP contribution in [0.1, 0.15) is 0 Å². The smallest absolute Gasteiger partial charge is 0.141 e. The topological polar surface area (TPSA) is 12.9 Å². The van der Waals surface area contributed by atoms with E-state index in [9.17, 15) is 4.39 Å². The fourth-order valence-electron chi connectivity index (χ4n) is 0.358. The van der Waals surface area contributed by atoms with E-state index in [2.05, 4.69) is 4.98 Å². The molecule has 0 radical (unpaired) electrons. The average Bonchev–Trinajstić information content (AvgIpc) is 1.77. The van der Waals surface area contributed by atoms with E-state index in [0.717, 1.165) is 6.20 Å². The first-order valence-electron chi connectivity index (χ1n) is 2.06. The summed E-state index contributed by atoms with van der Waals surface area (Å²) in [6.07, 6.45) is 1.07. The summed E-state index contributed by atoms with van der Waals surface area (Å²) in [6.45, 7) is 0. The second-order valence-electron chi connectivity index (χ2n) is 1.30. The molecule has 0 unspecified atom stereocenters. The predicted molar refractivity (Wildman–Crippen MR) is 36.5 cm³/mol. The third kappa shape index (κ3) is 2.63. The molecule has 1 aromatic heterocycles. The van der Waals surface area contributed by atoms with Gasteiger partial charge in [-0.15, -0.1) is 12.4 Å². The summed E-state index contributed by atoms with van der Waals surface area (Å²) < 4.78 is 12.0. The van der Waals surface area contributed by atoms with Crippen molar-refractivity contribution in [1.29, 1.82) is 0 Å². The third-order valence-corrected chi connectivity index (χ3v) is 0.915. The molecule has 1 aromatic rings. The number of halogens is 3. The summed E-state index contributed by atoms with van der Waals surface area (Å²) in [4.78, 5) is 3.47. The Kier molecular flexibility index (Phi) is 3.50. The van der Waals surface area contributed by atoms with Gasteiger partial charge in [0, 0.05) is 0 Å². The predicted octanol–water partition coefficient (Wildman–Crippen LogP) is 2.30. The van der Waals surface area contributed by atoms with Gasteiger partial charge in [0.15, 0.2) is 0 Å². The van der Waals surface area contributed by atoms with Gasteiger partial charge in [-0.3, -0.25) is 0 Å². The van der Waals surface area contributed by atoms with Crippen LogP contribution in [0.15, 0.2) is 18.3 Å².